The van der Waals surface area contributed by atoms with E-state index in [-0.39, 0.29) is 5.97 Å². The van der Waals surface area contributed by atoms with Crippen molar-refractivity contribution < 1.29 is 9.53 Å². The molecule has 1 aromatic carbocycles. The van der Waals surface area contributed by atoms with E-state index in [1.165, 1.54) is 32.8 Å². The predicted octanol–water partition coefficient (Wildman–Crippen LogP) is 4.36. The van der Waals surface area contributed by atoms with E-state index in [0.29, 0.717) is 16.5 Å². The maximum absolute atomic E-state index is 11.5. The highest BCUT2D eigenvalue weighted by atomic mass is 35.5. The summed E-state index contributed by atoms with van der Waals surface area (Å²) in [7, 11) is 1.38. The first-order valence-corrected chi connectivity index (χ1v) is 7.59. The molecule has 0 saturated heterocycles. The molecule has 20 heavy (non-hydrogen) atoms. The van der Waals surface area contributed by atoms with Crippen LogP contribution in [0.4, 0.5) is 5.69 Å². The number of hydrogen-bond acceptors (Lipinski definition) is 3. The van der Waals surface area contributed by atoms with Crippen molar-refractivity contribution in [1.29, 1.82) is 0 Å². The van der Waals surface area contributed by atoms with Crippen molar-refractivity contribution in [3.8, 4) is 0 Å². The lowest BCUT2D eigenvalue weighted by atomic mass is 9.83. The van der Waals surface area contributed by atoms with Crippen LogP contribution in [0.3, 0.4) is 0 Å². The van der Waals surface area contributed by atoms with Gasteiger partial charge in [-0.1, -0.05) is 31.4 Å². The first kappa shape index (κ1) is 15.2. The molecule has 0 aromatic heterocycles. The number of anilines is 1. The molecule has 1 N–H and O–H groups in total. The fourth-order valence-corrected chi connectivity index (χ4v) is 2.88. The quantitative estimate of drug-likeness (QED) is 0.839. The Morgan fingerprint density at radius 3 is 2.70 bits per heavy atom. The summed E-state index contributed by atoms with van der Waals surface area (Å²) in [5.74, 6) is 1.22. The number of benzene rings is 1. The Morgan fingerprint density at radius 2 is 2.05 bits per heavy atom. The highest BCUT2D eigenvalue weighted by Crippen LogP contribution is 2.29. The highest BCUT2D eigenvalue weighted by Gasteiger charge is 2.18. The predicted molar refractivity (Wildman–Crippen MR) is 82.4 cm³/mol. The van der Waals surface area contributed by atoms with Crippen LogP contribution in [-0.4, -0.2) is 19.6 Å². The molecule has 0 aliphatic heterocycles. The number of rotatable bonds is 4. The number of ether oxygens (including phenoxy) is 1. The first-order valence-electron chi connectivity index (χ1n) is 7.22. The minimum absolute atomic E-state index is 0.337. The standard InChI is InChI=1S/C16H22ClNO2/c1-11-3-5-12(6-4-11)10-18-15-9-13(16(19)20-2)7-8-14(15)17/h7-9,11-12,18H,3-6,10H2,1-2H3. The van der Waals surface area contributed by atoms with Crippen molar-refractivity contribution in [3.63, 3.8) is 0 Å². The molecule has 1 aromatic rings. The summed E-state index contributed by atoms with van der Waals surface area (Å²) in [6, 6.07) is 5.18. The summed E-state index contributed by atoms with van der Waals surface area (Å²) < 4.78 is 4.73. The van der Waals surface area contributed by atoms with Gasteiger partial charge in [0.15, 0.2) is 0 Å². The largest absolute Gasteiger partial charge is 0.465 e. The number of halogens is 1. The molecular formula is C16H22ClNO2. The van der Waals surface area contributed by atoms with Crippen molar-refractivity contribution in [1.82, 2.24) is 0 Å². The van der Waals surface area contributed by atoms with Crippen LogP contribution in [0.2, 0.25) is 5.02 Å². The Kier molecular flexibility index (Phi) is 5.30. The second-order valence-corrected chi connectivity index (χ2v) is 6.10. The molecule has 0 atom stereocenters. The molecule has 0 unspecified atom stereocenters. The molecule has 4 heteroatoms. The van der Waals surface area contributed by atoms with E-state index in [1.807, 2.05) is 0 Å². The molecule has 1 aliphatic rings. The monoisotopic (exact) mass is 295 g/mol. The van der Waals surface area contributed by atoms with Crippen molar-refractivity contribution >= 4 is 23.3 Å². The average molecular weight is 296 g/mol. The summed E-state index contributed by atoms with van der Waals surface area (Å²) in [6.45, 7) is 3.23. The molecule has 1 saturated carbocycles. The molecular weight excluding hydrogens is 274 g/mol. The Morgan fingerprint density at radius 1 is 1.35 bits per heavy atom. The summed E-state index contributed by atoms with van der Waals surface area (Å²) in [4.78, 5) is 11.5. The lowest BCUT2D eigenvalue weighted by molar-refractivity contribution is 0.0601. The molecule has 1 aliphatic carbocycles. The Balaban J connectivity index is 1.96. The van der Waals surface area contributed by atoms with E-state index < -0.39 is 0 Å². The van der Waals surface area contributed by atoms with Crippen LogP contribution in [0.15, 0.2) is 18.2 Å². The van der Waals surface area contributed by atoms with Gasteiger partial charge in [-0.15, -0.1) is 0 Å². The minimum atomic E-state index is -0.337. The number of nitrogens with one attached hydrogen (secondary N) is 1. The fraction of sp³-hybridized carbons (Fsp3) is 0.562. The van der Waals surface area contributed by atoms with Crippen LogP contribution in [0.5, 0.6) is 0 Å². The molecule has 1 fully saturated rings. The molecule has 0 heterocycles. The van der Waals surface area contributed by atoms with Gasteiger partial charge in [0.1, 0.15) is 0 Å². The zero-order valence-corrected chi connectivity index (χ0v) is 12.9. The van der Waals surface area contributed by atoms with Crippen LogP contribution >= 0.6 is 11.6 Å². The third-order valence-corrected chi connectivity index (χ3v) is 4.43. The Hall–Kier alpha value is -1.22. The number of esters is 1. The summed E-state index contributed by atoms with van der Waals surface area (Å²) >= 11 is 6.17. The maximum Gasteiger partial charge on any atom is 0.337 e. The minimum Gasteiger partial charge on any atom is -0.465 e. The molecule has 0 bridgehead atoms. The third kappa shape index (κ3) is 3.89. The van der Waals surface area contributed by atoms with Crippen LogP contribution in [0, 0.1) is 11.8 Å². The fourth-order valence-electron chi connectivity index (χ4n) is 2.69. The van der Waals surface area contributed by atoms with Crippen molar-refractivity contribution in [2.24, 2.45) is 11.8 Å². The van der Waals surface area contributed by atoms with Gasteiger partial charge in [0.25, 0.3) is 0 Å². The van der Waals surface area contributed by atoms with Crippen LogP contribution in [0.25, 0.3) is 0 Å². The normalized spacial score (nSPS) is 22.4. The summed E-state index contributed by atoms with van der Waals surface area (Å²) in [6.07, 6.45) is 5.15. The van der Waals surface area contributed by atoms with Gasteiger partial charge >= 0.3 is 5.97 Å². The van der Waals surface area contributed by atoms with Gasteiger partial charge in [-0.3, -0.25) is 0 Å². The second-order valence-electron chi connectivity index (χ2n) is 5.69. The number of hydrogen-bond donors (Lipinski definition) is 1. The smallest absolute Gasteiger partial charge is 0.337 e. The molecule has 2 rings (SSSR count). The molecule has 110 valence electrons. The average Bonchev–Trinajstić information content (AvgIpc) is 2.47. The van der Waals surface area contributed by atoms with Gasteiger partial charge in [0, 0.05) is 6.54 Å². The van der Waals surface area contributed by atoms with Crippen LogP contribution in [-0.2, 0) is 4.74 Å². The van der Waals surface area contributed by atoms with Gasteiger partial charge in [-0.05, 0) is 42.9 Å². The zero-order chi connectivity index (χ0) is 14.5. The topological polar surface area (TPSA) is 38.3 Å². The highest BCUT2D eigenvalue weighted by molar-refractivity contribution is 6.33. The SMILES string of the molecule is COC(=O)c1ccc(Cl)c(NCC2CCC(C)CC2)c1. The third-order valence-electron chi connectivity index (χ3n) is 4.10. The van der Waals surface area contributed by atoms with E-state index in [2.05, 4.69) is 12.2 Å². The first-order chi connectivity index (χ1) is 9.60. The number of carbonyl (C=O) groups excluding carboxylic acids is 1. The van der Waals surface area contributed by atoms with E-state index >= 15 is 0 Å². The molecule has 0 radical (unpaired) electrons. The van der Waals surface area contributed by atoms with Crippen molar-refractivity contribution in [2.75, 3.05) is 19.0 Å². The van der Waals surface area contributed by atoms with E-state index in [0.717, 1.165) is 18.2 Å². The van der Waals surface area contributed by atoms with Crippen LogP contribution in [0.1, 0.15) is 43.0 Å². The van der Waals surface area contributed by atoms with Crippen molar-refractivity contribution in [3.05, 3.63) is 28.8 Å². The Bertz CT molecular complexity index is 468. The van der Waals surface area contributed by atoms with E-state index in [4.69, 9.17) is 16.3 Å². The van der Waals surface area contributed by atoms with Crippen molar-refractivity contribution in [2.45, 2.75) is 32.6 Å². The Labute approximate surface area is 125 Å². The van der Waals surface area contributed by atoms with E-state index in [1.54, 1.807) is 18.2 Å². The van der Waals surface area contributed by atoms with Gasteiger partial charge < -0.3 is 10.1 Å². The molecule has 0 amide bonds. The summed E-state index contributed by atoms with van der Waals surface area (Å²) in [5.41, 5.74) is 1.34. The second kappa shape index (κ2) is 6.98. The van der Waals surface area contributed by atoms with Gasteiger partial charge in [-0.2, -0.15) is 0 Å². The van der Waals surface area contributed by atoms with Crippen LogP contribution < -0.4 is 5.32 Å². The number of carbonyl (C=O) groups is 1. The van der Waals surface area contributed by atoms with Gasteiger partial charge in [0.2, 0.25) is 0 Å². The lowest BCUT2D eigenvalue weighted by Gasteiger charge is -2.26. The zero-order valence-electron chi connectivity index (χ0n) is 12.1. The lowest BCUT2D eigenvalue weighted by Crippen LogP contribution is -2.20. The van der Waals surface area contributed by atoms with Gasteiger partial charge in [-0.25, -0.2) is 4.79 Å². The van der Waals surface area contributed by atoms with Gasteiger partial charge in [0.05, 0.1) is 23.4 Å². The molecule has 0 spiro atoms. The maximum atomic E-state index is 11.5. The summed E-state index contributed by atoms with van der Waals surface area (Å²) in [5, 5.41) is 4.02. The number of methoxy groups -OCH3 is 1. The van der Waals surface area contributed by atoms with E-state index in [9.17, 15) is 4.79 Å². The molecule has 3 nitrogen and oxygen atoms in total.